The van der Waals surface area contributed by atoms with Crippen LogP contribution in [0.2, 0.25) is 0 Å². The van der Waals surface area contributed by atoms with Crippen LogP contribution in [0.25, 0.3) is 0 Å². The Kier molecular flexibility index (Phi) is 8.11. The third-order valence-electron chi connectivity index (χ3n) is 4.36. The topological polar surface area (TPSA) is 88.7 Å². The Morgan fingerprint density at radius 2 is 2.10 bits per heavy atom. The fourth-order valence-electron chi connectivity index (χ4n) is 2.93. The summed E-state index contributed by atoms with van der Waals surface area (Å²) in [6.07, 6.45) is 4.15. The molecule has 0 unspecified atom stereocenters. The Morgan fingerprint density at radius 3 is 2.83 bits per heavy atom. The molecule has 1 amide bonds. The van der Waals surface area contributed by atoms with Gasteiger partial charge in [-0.3, -0.25) is 4.79 Å². The number of hydrogen-bond donors (Lipinski definition) is 2. The molecule has 1 aliphatic rings. The number of carbonyl (C=O) groups is 1. The molecule has 0 saturated carbocycles. The zero-order chi connectivity index (χ0) is 21.0. The molecule has 0 aliphatic carbocycles. The van der Waals surface area contributed by atoms with Crippen LogP contribution in [-0.4, -0.2) is 49.9 Å². The molecule has 0 radical (unpaired) electrons. The number of benzene rings is 2. The summed E-state index contributed by atoms with van der Waals surface area (Å²) in [5.74, 6) is 1.73. The van der Waals surface area contributed by atoms with Crippen molar-refractivity contribution in [1.82, 2.24) is 9.97 Å². The lowest BCUT2D eigenvalue weighted by molar-refractivity contribution is -0.105. The van der Waals surface area contributed by atoms with Gasteiger partial charge in [0.2, 0.25) is 6.41 Å². The molecule has 2 N–H and O–H groups in total. The van der Waals surface area contributed by atoms with Gasteiger partial charge in [0, 0.05) is 19.0 Å². The Morgan fingerprint density at radius 1 is 1.23 bits per heavy atom. The highest BCUT2D eigenvalue weighted by atomic mass is 16.5. The van der Waals surface area contributed by atoms with Crippen molar-refractivity contribution in [2.45, 2.75) is 6.54 Å². The molecular weight excluding hydrogens is 384 g/mol. The normalized spacial score (nSPS) is 12.1. The second kappa shape index (κ2) is 11.5. The van der Waals surface area contributed by atoms with E-state index < -0.39 is 0 Å². The van der Waals surface area contributed by atoms with Crippen molar-refractivity contribution in [2.24, 2.45) is 0 Å². The molecule has 1 aromatic heterocycles. The Hall–Kier alpha value is -3.52. The van der Waals surface area contributed by atoms with Gasteiger partial charge in [-0.25, -0.2) is 4.98 Å². The van der Waals surface area contributed by atoms with Crippen molar-refractivity contribution in [3.63, 3.8) is 0 Å². The van der Waals surface area contributed by atoms with Gasteiger partial charge in [-0.1, -0.05) is 18.2 Å². The van der Waals surface area contributed by atoms with E-state index in [0.717, 1.165) is 41.7 Å². The molecule has 2 aromatic carbocycles. The molecule has 4 rings (SSSR count). The number of aromatic amines is 1. The maximum absolute atomic E-state index is 10.5. The van der Waals surface area contributed by atoms with E-state index in [1.165, 1.54) is 0 Å². The van der Waals surface area contributed by atoms with Gasteiger partial charge in [-0.2, -0.15) is 0 Å². The largest absolute Gasteiger partial charge is 0.491 e. The maximum Gasteiger partial charge on any atom is 0.211 e. The Labute approximate surface area is 175 Å². The molecule has 30 heavy (non-hydrogen) atoms. The monoisotopic (exact) mass is 410 g/mol. The molecule has 0 fully saturated rings. The van der Waals surface area contributed by atoms with Crippen LogP contribution in [0.1, 0.15) is 5.69 Å². The number of methoxy groups -OCH3 is 1. The smallest absolute Gasteiger partial charge is 0.211 e. The summed E-state index contributed by atoms with van der Waals surface area (Å²) in [5.41, 5.74) is 2.78. The highest BCUT2D eigenvalue weighted by Crippen LogP contribution is 2.34. The van der Waals surface area contributed by atoms with Crippen molar-refractivity contribution in [3.05, 3.63) is 66.7 Å². The highest BCUT2D eigenvalue weighted by molar-refractivity contribution is 5.76. The van der Waals surface area contributed by atoms with Gasteiger partial charge in [0.15, 0.2) is 0 Å². The summed E-state index contributed by atoms with van der Waals surface area (Å²) in [4.78, 5) is 19.8. The Bertz CT molecular complexity index is 887. The second-order valence-corrected chi connectivity index (χ2v) is 6.45. The third kappa shape index (κ3) is 6.25. The lowest BCUT2D eigenvalue weighted by Gasteiger charge is -2.31. The van der Waals surface area contributed by atoms with Gasteiger partial charge in [0.05, 0.1) is 37.4 Å². The number of ether oxygens (including phenoxy) is 3. The Balaban J connectivity index is 0.000000199. The summed E-state index contributed by atoms with van der Waals surface area (Å²) in [6, 6.07) is 15.3. The van der Waals surface area contributed by atoms with E-state index in [9.17, 15) is 4.79 Å². The summed E-state index contributed by atoms with van der Waals surface area (Å²) >= 11 is 0. The van der Waals surface area contributed by atoms with Crippen molar-refractivity contribution in [3.8, 4) is 11.5 Å². The predicted molar refractivity (Wildman–Crippen MR) is 115 cm³/mol. The van der Waals surface area contributed by atoms with Crippen molar-refractivity contribution >= 4 is 17.8 Å². The van der Waals surface area contributed by atoms with Crippen LogP contribution in [0.15, 0.2) is 61.1 Å². The highest BCUT2D eigenvalue weighted by Gasteiger charge is 2.19. The van der Waals surface area contributed by atoms with E-state index in [4.69, 9.17) is 14.2 Å². The molecule has 0 saturated heterocycles. The first-order valence-electron chi connectivity index (χ1n) is 9.66. The number of carbonyl (C=O) groups excluding carboxylic acids is 1. The van der Waals surface area contributed by atoms with Crippen LogP contribution >= 0.6 is 0 Å². The molecule has 0 spiro atoms. The average Bonchev–Trinajstić information content (AvgIpc) is 3.29. The number of amides is 1. The van der Waals surface area contributed by atoms with E-state index in [1.54, 1.807) is 13.4 Å². The first-order valence-corrected chi connectivity index (χ1v) is 9.66. The SMILES string of the molecule is COCCOc1ccccc1.O=CNc1ccc2c(c1)N(Cc1cnc[nH]1)CCO2. The average molecular weight is 410 g/mol. The molecule has 2 heterocycles. The number of anilines is 2. The maximum atomic E-state index is 10.5. The first kappa shape index (κ1) is 21.2. The fraction of sp³-hybridized carbons (Fsp3) is 0.273. The van der Waals surface area contributed by atoms with E-state index in [0.29, 0.717) is 26.2 Å². The number of fused-ring (bicyclic) bond motifs is 1. The van der Waals surface area contributed by atoms with E-state index in [-0.39, 0.29) is 0 Å². The molecule has 8 heteroatoms. The van der Waals surface area contributed by atoms with Crippen LogP contribution < -0.4 is 19.7 Å². The van der Waals surface area contributed by atoms with Crippen LogP contribution in [0, 0.1) is 0 Å². The van der Waals surface area contributed by atoms with Gasteiger partial charge in [-0.05, 0) is 30.3 Å². The molecule has 158 valence electrons. The van der Waals surface area contributed by atoms with Gasteiger partial charge in [0.25, 0.3) is 0 Å². The molecular formula is C22H26N4O4. The third-order valence-corrected chi connectivity index (χ3v) is 4.36. The zero-order valence-corrected chi connectivity index (χ0v) is 16.9. The number of para-hydroxylation sites is 1. The minimum atomic E-state index is 0.612. The summed E-state index contributed by atoms with van der Waals surface area (Å²) < 4.78 is 15.8. The molecule has 1 aliphatic heterocycles. The minimum Gasteiger partial charge on any atom is -0.491 e. The van der Waals surface area contributed by atoms with Gasteiger partial charge in [0.1, 0.15) is 24.7 Å². The number of rotatable bonds is 8. The summed E-state index contributed by atoms with van der Waals surface area (Å²) in [7, 11) is 1.66. The van der Waals surface area contributed by atoms with Crippen molar-refractivity contribution < 1.29 is 19.0 Å². The standard InChI is InChI=1S/C13H14N4O2.C9H12O2/c18-9-16-10-1-2-13-12(5-10)17(3-4-19-13)7-11-6-14-8-15-11;1-10-7-8-11-9-5-3-2-4-6-9/h1-2,5-6,8-9H,3-4,7H2,(H,14,15)(H,16,18);2-6H,7-8H2,1H3. The van der Waals surface area contributed by atoms with Crippen LogP contribution in [0.4, 0.5) is 11.4 Å². The minimum absolute atomic E-state index is 0.612. The number of hydrogen-bond acceptors (Lipinski definition) is 6. The van der Waals surface area contributed by atoms with E-state index in [2.05, 4.69) is 20.2 Å². The zero-order valence-electron chi connectivity index (χ0n) is 16.9. The van der Waals surface area contributed by atoms with Crippen molar-refractivity contribution in [1.29, 1.82) is 0 Å². The van der Waals surface area contributed by atoms with Crippen LogP contribution in [0.5, 0.6) is 11.5 Å². The summed E-state index contributed by atoms with van der Waals surface area (Å²) in [6.45, 7) is 3.44. The van der Waals surface area contributed by atoms with Crippen LogP contribution in [-0.2, 0) is 16.1 Å². The van der Waals surface area contributed by atoms with Gasteiger partial charge < -0.3 is 29.4 Å². The number of nitrogens with one attached hydrogen (secondary N) is 2. The predicted octanol–water partition coefficient (Wildman–Crippen LogP) is 3.09. The first-order chi connectivity index (χ1) is 14.8. The van der Waals surface area contributed by atoms with Crippen molar-refractivity contribution in [2.75, 3.05) is 43.7 Å². The van der Waals surface area contributed by atoms with Gasteiger partial charge in [-0.15, -0.1) is 0 Å². The number of aromatic nitrogens is 2. The van der Waals surface area contributed by atoms with Gasteiger partial charge >= 0.3 is 0 Å². The number of imidazole rings is 1. The second-order valence-electron chi connectivity index (χ2n) is 6.45. The lowest BCUT2D eigenvalue weighted by Crippen LogP contribution is -2.32. The van der Waals surface area contributed by atoms with Crippen LogP contribution in [0.3, 0.4) is 0 Å². The number of H-pyrrole nitrogens is 1. The fourth-order valence-corrected chi connectivity index (χ4v) is 2.93. The lowest BCUT2D eigenvalue weighted by atomic mass is 10.2. The molecule has 0 atom stereocenters. The molecule has 3 aromatic rings. The summed E-state index contributed by atoms with van der Waals surface area (Å²) in [5, 5.41) is 2.65. The number of nitrogens with zero attached hydrogens (tertiary/aromatic N) is 2. The quantitative estimate of drug-likeness (QED) is 0.438. The molecule has 0 bridgehead atoms. The van der Waals surface area contributed by atoms with E-state index in [1.807, 2.05) is 54.7 Å². The molecule has 8 nitrogen and oxygen atoms in total. The van der Waals surface area contributed by atoms with E-state index >= 15 is 0 Å².